The van der Waals surface area contributed by atoms with Crippen LogP contribution in [0.1, 0.15) is 53.4 Å². The Morgan fingerprint density at radius 3 is 1.07 bits per heavy atom. The Bertz CT molecular complexity index is 157. The van der Waals surface area contributed by atoms with E-state index in [1.165, 1.54) is 0 Å². The minimum Gasteiger partial charge on any atom is -0.386 e. The van der Waals surface area contributed by atoms with Gasteiger partial charge in [-0.05, 0) is 25.7 Å². The van der Waals surface area contributed by atoms with E-state index in [0.717, 1.165) is 0 Å². The molecule has 0 aliphatic carbocycles. The van der Waals surface area contributed by atoms with Gasteiger partial charge in [-0.3, -0.25) is 0 Å². The van der Waals surface area contributed by atoms with Crippen LogP contribution >= 0.6 is 0 Å². The molecule has 14 heavy (non-hydrogen) atoms. The third-order valence-electron chi connectivity index (χ3n) is 3.15. The quantitative estimate of drug-likeness (QED) is 0.647. The van der Waals surface area contributed by atoms with Gasteiger partial charge in [0.05, 0.1) is 11.2 Å². The van der Waals surface area contributed by atoms with Crippen molar-refractivity contribution in [1.82, 2.24) is 0 Å². The van der Waals surface area contributed by atoms with Crippen LogP contribution in [-0.2, 0) is 0 Å². The summed E-state index contributed by atoms with van der Waals surface area (Å²) in [7, 11) is 0. The summed E-state index contributed by atoms with van der Waals surface area (Å²) >= 11 is 0. The first-order valence-corrected chi connectivity index (χ1v) is 5.60. The van der Waals surface area contributed by atoms with Crippen LogP contribution in [0.4, 0.5) is 0 Å². The molecule has 2 N–H and O–H groups in total. The maximum atomic E-state index is 9.99. The number of rotatable bonds is 6. The molecule has 0 bridgehead atoms. The predicted molar refractivity (Wildman–Crippen MR) is 60.2 cm³/mol. The highest BCUT2D eigenvalue weighted by molar-refractivity contribution is 5.07. The van der Waals surface area contributed by atoms with Crippen molar-refractivity contribution in [2.45, 2.75) is 64.6 Å². The fourth-order valence-electron chi connectivity index (χ4n) is 1.28. The SMILES string of the molecule is CCC(O)(/C=C/C(O)(CC)CC)CC. The Balaban J connectivity index is 4.54. The van der Waals surface area contributed by atoms with Crippen LogP contribution in [0.25, 0.3) is 0 Å². The topological polar surface area (TPSA) is 40.5 Å². The van der Waals surface area contributed by atoms with Crippen LogP contribution in [0.15, 0.2) is 12.2 Å². The summed E-state index contributed by atoms with van der Waals surface area (Å²) in [5.41, 5.74) is -1.50. The maximum Gasteiger partial charge on any atom is 0.0823 e. The zero-order chi connectivity index (χ0) is 11.2. The highest BCUT2D eigenvalue weighted by Gasteiger charge is 2.22. The van der Waals surface area contributed by atoms with Gasteiger partial charge in [-0.25, -0.2) is 0 Å². The molecular weight excluding hydrogens is 176 g/mol. The molecule has 0 amide bonds. The Morgan fingerprint density at radius 1 is 0.714 bits per heavy atom. The van der Waals surface area contributed by atoms with E-state index in [1.54, 1.807) is 12.2 Å². The van der Waals surface area contributed by atoms with E-state index in [-0.39, 0.29) is 0 Å². The predicted octanol–water partition coefficient (Wildman–Crippen LogP) is 2.64. The van der Waals surface area contributed by atoms with Crippen molar-refractivity contribution < 1.29 is 10.2 Å². The molecule has 0 unspecified atom stereocenters. The second kappa shape index (κ2) is 5.52. The van der Waals surface area contributed by atoms with Crippen molar-refractivity contribution in [1.29, 1.82) is 0 Å². The first kappa shape index (κ1) is 13.7. The lowest BCUT2D eigenvalue weighted by atomic mass is 9.91. The van der Waals surface area contributed by atoms with E-state index in [9.17, 15) is 10.2 Å². The normalized spacial score (nSPS) is 13.9. The van der Waals surface area contributed by atoms with Crippen molar-refractivity contribution >= 4 is 0 Å². The molecule has 2 heteroatoms. The molecule has 0 rings (SSSR count). The molecule has 0 spiro atoms. The monoisotopic (exact) mass is 200 g/mol. The smallest absolute Gasteiger partial charge is 0.0823 e. The van der Waals surface area contributed by atoms with Gasteiger partial charge in [0.2, 0.25) is 0 Å². The highest BCUT2D eigenvalue weighted by Crippen LogP contribution is 2.22. The van der Waals surface area contributed by atoms with E-state index in [1.807, 2.05) is 27.7 Å². The number of hydrogen-bond acceptors (Lipinski definition) is 2. The van der Waals surface area contributed by atoms with Crippen LogP contribution in [0.3, 0.4) is 0 Å². The van der Waals surface area contributed by atoms with Crippen LogP contribution < -0.4 is 0 Å². The zero-order valence-corrected chi connectivity index (χ0v) is 9.88. The van der Waals surface area contributed by atoms with Crippen LogP contribution in [-0.4, -0.2) is 21.4 Å². The van der Waals surface area contributed by atoms with Gasteiger partial charge in [-0.15, -0.1) is 0 Å². The lowest BCUT2D eigenvalue weighted by Crippen LogP contribution is -2.28. The minimum atomic E-state index is -0.752. The molecule has 0 fully saturated rings. The number of aliphatic hydroxyl groups is 2. The molecule has 0 saturated carbocycles. The summed E-state index contributed by atoms with van der Waals surface area (Å²) in [6.45, 7) is 7.80. The molecule has 0 atom stereocenters. The van der Waals surface area contributed by atoms with Crippen LogP contribution in [0.2, 0.25) is 0 Å². The van der Waals surface area contributed by atoms with Gasteiger partial charge in [0.15, 0.2) is 0 Å². The molecule has 0 aromatic carbocycles. The summed E-state index contributed by atoms with van der Waals surface area (Å²) in [5, 5.41) is 20.0. The van der Waals surface area contributed by atoms with Gasteiger partial charge >= 0.3 is 0 Å². The number of hydrogen-bond donors (Lipinski definition) is 2. The van der Waals surface area contributed by atoms with Crippen molar-refractivity contribution in [3.63, 3.8) is 0 Å². The summed E-state index contributed by atoms with van der Waals surface area (Å²) in [5.74, 6) is 0. The standard InChI is InChI=1S/C12H24O2/c1-5-11(13,6-2)9-10-12(14,7-3)8-4/h9-10,13-14H,5-8H2,1-4H3/b10-9+. The molecule has 2 nitrogen and oxygen atoms in total. The van der Waals surface area contributed by atoms with E-state index < -0.39 is 11.2 Å². The molecule has 0 heterocycles. The zero-order valence-electron chi connectivity index (χ0n) is 9.88. The van der Waals surface area contributed by atoms with Crippen molar-refractivity contribution in [2.75, 3.05) is 0 Å². The molecule has 0 aliphatic rings. The van der Waals surface area contributed by atoms with Gasteiger partial charge in [0.25, 0.3) is 0 Å². The van der Waals surface area contributed by atoms with Crippen molar-refractivity contribution in [3.8, 4) is 0 Å². The average molecular weight is 200 g/mol. The summed E-state index contributed by atoms with van der Waals surface area (Å²) in [4.78, 5) is 0. The minimum absolute atomic E-state index is 0.684. The summed E-state index contributed by atoms with van der Waals surface area (Å²) < 4.78 is 0. The Hall–Kier alpha value is -0.340. The molecule has 0 aromatic heterocycles. The Labute approximate surface area is 87.7 Å². The first-order chi connectivity index (χ1) is 6.45. The summed E-state index contributed by atoms with van der Waals surface area (Å²) in [6, 6.07) is 0. The van der Waals surface area contributed by atoms with Gasteiger partial charge in [0, 0.05) is 0 Å². The molecular formula is C12H24O2. The first-order valence-electron chi connectivity index (χ1n) is 5.60. The van der Waals surface area contributed by atoms with Crippen LogP contribution in [0.5, 0.6) is 0 Å². The molecule has 0 radical (unpaired) electrons. The largest absolute Gasteiger partial charge is 0.386 e. The van der Waals surface area contributed by atoms with Gasteiger partial charge in [0.1, 0.15) is 0 Å². The van der Waals surface area contributed by atoms with E-state index >= 15 is 0 Å². The second-order valence-electron chi connectivity index (χ2n) is 3.95. The van der Waals surface area contributed by atoms with Crippen molar-refractivity contribution in [2.24, 2.45) is 0 Å². The third-order valence-corrected chi connectivity index (χ3v) is 3.15. The molecule has 0 aliphatic heterocycles. The third kappa shape index (κ3) is 3.81. The van der Waals surface area contributed by atoms with Crippen molar-refractivity contribution in [3.05, 3.63) is 12.2 Å². The van der Waals surface area contributed by atoms with Gasteiger partial charge in [-0.2, -0.15) is 0 Å². The molecule has 0 saturated heterocycles. The van der Waals surface area contributed by atoms with Crippen LogP contribution in [0, 0.1) is 0 Å². The molecule has 0 aromatic rings. The van der Waals surface area contributed by atoms with E-state index in [0.29, 0.717) is 25.7 Å². The highest BCUT2D eigenvalue weighted by atomic mass is 16.3. The fourth-order valence-corrected chi connectivity index (χ4v) is 1.28. The maximum absolute atomic E-state index is 9.99. The lowest BCUT2D eigenvalue weighted by molar-refractivity contribution is 0.0648. The Morgan fingerprint density at radius 2 is 0.929 bits per heavy atom. The van der Waals surface area contributed by atoms with Gasteiger partial charge in [-0.1, -0.05) is 39.8 Å². The van der Waals surface area contributed by atoms with E-state index in [2.05, 4.69) is 0 Å². The average Bonchev–Trinajstić information content (AvgIpc) is 2.25. The second-order valence-corrected chi connectivity index (χ2v) is 3.95. The fraction of sp³-hybridized carbons (Fsp3) is 0.833. The summed E-state index contributed by atoms with van der Waals surface area (Å²) in [6.07, 6.45) is 6.24. The lowest BCUT2D eigenvalue weighted by Gasteiger charge is -2.25. The molecule has 84 valence electrons. The van der Waals surface area contributed by atoms with E-state index in [4.69, 9.17) is 0 Å². The van der Waals surface area contributed by atoms with Gasteiger partial charge < -0.3 is 10.2 Å². The Kier molecular flexibility index (Phi) is 5.38.